The highest BCUT2D eigenvalue weighted by Crippen LogP contribution is 2.53. The van der Waals surface area contributed by atoms with Crippen molar-refractivity contribution >= 4 is 95.3 Å². The SMILES string of the molecule is CC(C)(C)c1cc(-c2ccccc2)c(N2c3cc(-c4c5ccccc5c(-c5cc(-c6ccccc6)cc(-c6ccccc6)c5)c5ccccc45)ccc3B3c4ccc(-n5c6ccccc6c6ccccc65)cc4Sc4cc(C(C)(C)C)cc2c43)c(-c2ccccc2)c1. The van der Waals surface area contributed by atoms with Crippen LogP contribution in [-0.2, 0) is 10.8 Å². The van der Waals surface area contributed by atoms with Crippen molar-refractivity contribution in [2.75, 3.05) is 4.90 Å². The molecule has 2 aliphatic rings. The zero-order valence-electron chi connectivity index (χ0n) is 52.7. The Bertz CT molecular complexity index is 5210. The zero-order valence-corrected chi connectivity index (χ0v) is 53.5. The van der Waals surface area contributed by atoms with E-state index < -0.39 is 0 Å². The summed E-state index contributed by atoms with van der Waals surface area (Å²) >= 11 is 1.94. The average molecular weight is 1200 g/mol. The van der Waals surface area contributed by atoms with Crippen LogP contribution in [0.4, 0.5) is 17.1 Å². The van der Waals surface area contributed by atoms with Crippen LogP contribution < -0.4 is 21.3 Å². The van der Waals surface area contributed by atoms with E-state index in [0.29, 0.717) is 0 Å². The standard InChI is InChI=1S/C88H67BN2S/c1-87(2,3)64-51-73(58-31-15-9-16-32-58)86(74(52-64)59-33-17-10-18-34-59)91-79-50-60(83-69-37-19-21-39-71(69)84(72-40-22-20-38-70(72)83)63-48-61(56-27-11-7-12-28-56)47-62(49-63)57-29-13-8-14-30-57)43-45-75(79)89-76-46-44-66(90-77-41-25-23-35-67(77)68-36-24-26-42-78(68)90)55-81(76)92-82-54-65(88(4,5)6)53-80(91)85(82)89/h7-55H,1-6H3. The summed E-state index contributed by atoms with van der Waals surface area (Å²) in [7, 11) is 0. The van der Waals surface area contributed by atoms with Gasteiger partial charge in [0.2, 0.25) is 6.71 Å². The van der Waals surface area contributed by atoms with Crippen LogP contribution in [0.1, 0.15) is 52.7 Å². The maximum absolute atomic E-state index is 2.72. The summed E-state index contributed by atoms with van der Waals surface area (Å²) in [5.74, 6) is 0. The first-order valence-electron chi connectivity index (χ1n) is 32.3. The number of nitrogens with zero attached hydrogens (tertiary/aromatic N) is 2. The van der Waals surface area contributed by atoms with Gasteiger partial charge in [-0.15, -0.1) is 0 Å². The topological polar surface area (TPSA) is 8.17 Å². The van der Waals surface area contributed by atoms with Crippen LogP contribution in [0.15, 0.2) is 307 Å². The molecule has 438 valence electrons. The first-order valence-corrected chi connectivity index (χ1v) is 33.2. The van der Waals surface area contributed by atoms with Crippen molar-refractivity contribution in [3.8, 4) is 72.4 Å². The van der Waals surface area contributed by atoms with Gasteiger partial charge in [0.15, 0.2) is 0 Å². The normalized spacial score (nSPS) is 12.8. The predicted molar refractivity (Wildman–Crippen MR) is 396 cm³/mol. The lowest BCUT2D eigenvalue weighted by atomic mass is 9.34. The Balaban J connectivity index is 0.967. The van der Waals surface area contributed by atoms with Gasteiger partial charge in [0.1, 0.15) is 0 Å². The molecule has 0 saturated carbocycles. The predicted octanol–water partition coefficient (Wildman–Crippen LogP) is 22.5. The first kappa shape index (κ1) is 55.7. The lowest BCUT2D eigenvalue weighted by Gasteiger charge is -2.43. The molecule has 2 aliphatic heterocycles. The number of hydrogen-bond acceptors (Lipinski definition) is 2. The monoisotopic (exact) mass is 1190 g/mol. The highest BCUT2D eigenvalue weighted by Gasteiger charge is 2.44. The summed E-state index contributed by atoms with van der Waals surface area (Å²) in [5, 5.41) is 7.40. The van der Waals surface area contributed by atoms with Gasteiger partial charge in [0.25, 0.3) is 0 Å². The summed E-state index contributed by atoms with van der Waals surface area (Å²) in [6.45, 7) is 14.1. The average Bonchev–Trinajstić information content (AvgIpc) is 0.867. The molecule has 3 heterocycles. The van der Waals surface area contributed by atoms with Gasteiger partial charge in [-0.05, 0) is 183 Å². The molecular weight excluding hydrogens is 1130 g/mol. The zero-order chi connectivity index (χ0) is 62.0. The van der Waals surface area contributed by atoms with Crippen molar-refractivity contribution in [1.82, 2.24) is 4.57 Å². The number of aromatic nitrogens is 1. The third-order valence-corrected chi connectivity index (χ3v) is 20.6. The highest BCUT2D eigenvalue weighted by molar-refractivity contribution is 8.00. The van der Waals surface area contributed by atoms with Gasteiger partial charge in [-0.25, -0.2) is 0 Å². The van der Waals surface area contributed by atoms with Crippen LogP contribution in [0.25, 0.3) is 116 Å². The van der Waals surface area contributed by atoms with Crippen LogP contribution in [0.5, 0.6) is 0 Å². The van der Waals surface area contributed by atoms with Gasteiger partial charge < -0.3 is 9.47 Å². The van der Waals surface area contributed by atoms with Crippen LogP contribution >= 0.6 is 11.8 Å². The van der Waals surface area contributed by atoms with Crippen molar-refractivity contribution in [1.29, 1.82) is 0 Å². The molecule has 14 aromatic carbocycles. The Morgan fingerprint density at radius 1 is 0.304 bits per heavy atom. The molecule has 0 unspecified atom stereocenters. The summed E-state index contributed by atoms with van der Waals surface area (Å²) in [4.78, 5) is 5.31. The second-order valence-electron chi connectivity index (χ2n) is 27.2. The molecule has 0 fully saturated rings. The molecule has 4 heteroatoms. The number of rotatable bonds is 8. The van der Waals surface area contributed by atoms with E-state index in [2.05, 4.69) is 348 Å². The number of hydrogen-bond donors (Lipinski definition) is 0. The van der Waals surface area contributed by atoms with E-state index in [1.165, 1.54) is 170 Å². The molecule has 0 amide bonds. The van der Waals surface area contributed by atoms with Crippen LogP contribution in [0.2, 0.25) is 0 Å². The third kappa shape index (κ3) is 9.17. The highest BCUT2D eigenvalue weighted by atomic mass is 32.2. The number of anilines is 3. The maximum atomic E-state index is 2.72. The number of fused-ring (bicyclic) bond motifs is 9. The minimum absolute atomic E-state index is 0.0708. The molecule has 0 atom stereocenters. The van der Waals surface area contributed by atoms with Crippen molar-refractivity contribution in [3.05, 3.63) is 308 Å². The van der Waals surface area contributed by atoms with Crippen molar-refractivity contribution in [2.24, 2.45) is 0 Å². The molecule has 1 aromatic heterocycles. The van der Waals surface area contributed by atoms with Crippen LogP contribution in [-0.4, -0.2) is 11.3 Å². The molecule has 17 rings (SSSR count). The van der Waals surface area contributed by atoms with Gasteiger partial charge >= 0.3 is 0 Å². The Morgan fingerprint density at radius 2 is 0.728 bits per heavy atom. The van der Waals surface area contributed by atoms with Crippen molar-refractivity contribution in [3.63, 3.8) is 0 Å². The molecule has 0 aliphatic carbocycles. The summed E-state index contributed by atoms with van der Waals surface area (Å²) < 4.78 is 2.47. The molecule has 0 saturated heterocycles. The van der Waals surface area contributed by atoms with Gasteiger partial charge in [-0.1, -0.05) is 283 Å². The van der Waals surface area contributed by atoms with E-state index in [1.54, 1.807) is 0 Å². The summed E-state index contributed by atoms with van der Waals surface area (Å²) in [5.41, 5.74) is 27.8. The van der Waals surface area contributed by atoms with Gasteiger partial charge in [0.05, 0.1) is 16.7 Å². The van der Waals surface area contributed by atoms with E-state index in [-0.39, 0.29) is 17.5 Å². The molecule has 0 radical (unpaired) electrons. The molecule has 2 nitrogen and oxygen atoms in total. The lowest BCUT2D eigenvalue weighted by molar-refractivity contribution is 0.589. The van der Waals surface area contributed by atoms with Crippen molar-refractivity contribution in [2.45, 2.75) is 62.2 Å². The van der Waals surface area contributed by atoms with E-state index >= 15 is 0 Å². The van der Waals surface area contributed by atoms with Crippen LogP contribution in [0, 0.1) is 0 Å². The van der Waals surface area contributed by atoms with Gasteiger partial charge in [0, 0.05) is 48.8 Å². The second kappa shape index (κ2) is 21.7. The molecule has 0 N–H and O–H groups in total. The Hall–Kier alpha value is -10.4. The minimum Gasteiger partial charge on any atom is -0.310 e. The van der Waals surface area contributed by atoms with Crippen molar-refractivity contribution < 1.29 is 0 Å². The summed E-state index contributed by atoms with van der Waals surface area (Å²) in [6.07, 6.45) is 0. The molecule has 92 heavy (non-hydrogen) atoms. The fraction of sp³-hybridized carbons (Fsp3) is 0.0909. The molecule has 0 bridgehead atoms. The number of benzene rings is 14. The van der Waals surface area contributed by atoms with Crippen LogP contribution in [0.3, 0.4) is 0 Å². The minimum atomic E-state index is -0.177. The van der Waals surface area contributed by atoms with E-state index in [4.69, 9.17) is 0 Å². The Morgan fingerprint density at radius 3 is 1.23 bits per heavy atom. The quantitative estimate of drug-likeness (QED) is 0.111. The fourth-order valence-corrected chi connectivity index (χ4v) is 16.2. The molecule has 0 spiro atoms. The van der Waals surface area contributed by atoms with Gasteiger partial charge in [-0.3, -0.25) is 0 Å². The second-order valence-corrected chi connectivity index (χ2v) is 28.3. The third-order valence-electron chi connectivity index (χ3n) is 19.5. The first-order chi connectivity index (χ1) is 44.9. The molecular formula is C88H67BN2S. The Kier molecular flexibility index (Phi) is 13.1. The largest absolute Gasteiger partial charge is 0.310 e. The fourth-order valence-electron chi connectivity index (χ4n) is 15.0. The van der Waals surface area contributed by atoms with E-state index in [9.17, 15) is 0 Å². The van der Waals surface area contributed by atoms with E-state index in [0.717, 1.165) is 0 Å². The maximum Gasteiger partial charge on any atom is 0.249 e. The van der Waals surface area contributed by atoms with E-state index in [1.807, 2.05) is 11.8 Å². The number of para-hydroxylation sites is 2. The van der Waals surface area contributed by atoms with Gasteiger partial charge in [-0.2, -0.15) is 0 Å². The molecule has 15 aromatic rings. The summed E-state index contributed by atoms with van der Waals surface area (Å²) in [6, 6.07) is 112. The lowest BCUT2D eigenvalue weighted by Crippen LogP contribution is -2.60. The Labute approximate surface area is 544 Å². The smallest absolute Gasteiger partial charge is 0.249 e.